The van der Waals surface area contributed by atoms with Gasteiger partial charge in [0.1, 0.15) is 11.3 Å². The second kappa shape index (κ2) is 10.1. The monoisotopic (exact) mass is 487 g/mol. The van der Waals surface area contributed by atoms with Crippen LogP contribution in [0.25, 0.3) is 11.0 Å². The molecule has 5 rings (SSSR count). The number of aliphatic hydroxyl groups excluding tert-OH is 1. The zero-order valence-corrected chi connectivity index (χ0v) is 19.3. The smallest absolute Gasteiger partial charge is 0.231 e. The topological polar surface area (TPSA) is 118 Å². The Bertz CT molecular complexity index is 1450. The minimum atomic E-state index is -0.837. The Kier molecular flexibility index (Phi) is 6.60. The number of phenols is 1. The van der Waals surface area contributed by atoms with E-state index in [1.54, 1.807) is 30.3 Å². The number of hydrogen-bond acceptors (Lipinski definition) is 7. The van der Waals surface area contributed by atoms with Crippen molar-refractivity contribution in [2.75, 3.05) is 13.4 Å². The molecule has 3 aromatic carbocycles. The summed E-state index contributed by atoms with van der Waals surface area (Å²) in [5, 5.41) is 23.9. The van der Waals surface area contributed by atoms with Crippen LogP contribution in [0.15, 0.2) is 82.2 Å². The Labute approximate surface area is 206 Å². The minimum Gasteiger partial charge on any atom is -0.508 e. The third kappa shape index (κ3) is 4.76. The molecule has 0 bridgehead atoms. The highest BCUT2D eigenvalue weighted by molar-refractivity contribution is 5.80. The highest BCUT2D eigenvalue weighted by atomic mass is 16.7. The summed E-state index contributed by atoms with van der Waals surface area (Å²) in [7, 11) is 0. The first-order valence-electron chi connectivity index (χ1n) is 11.6. The predicted octanol–water partition coefficient (Wildman–Crippen LogP) is 3.47. The molecule has 1 aliphatic rings. The third-order valence-electron chi connectivity index (χ3n) is 6.28. The number of carbonyl (C=O) groups is 1. The van der Waals surface area contributed by atoms with Crippen LogP contribution in [0.2, 0.25) is 0 Å². The highest BCUT2D eigenvalue weighted by Gasteiger charge is 2.29. The summed E-state index contributed by atoms with van der Waals surface area (Å²) in [5.41, 5.74) is 1.65. The molecule has 0 aliphatic carbocycles. The number of benzene rings is 3. The maximum Gasteiger partial charge on any atom is 0.231 e. The van der Waals surface area contributed by atoms with Crippen molar-refractivity contribution in [1.82, 2.24) is 5.32 Å². The van der Waals surface area contributed by atoms with Gasteiger partial charge in [0.2, 0.25) is 12.7 Å². The van der Waals surface area contributed by atoms with Crippen LogP contribution in [0.1, 0.15) is 29.0 Å². The van der Waals surface area contributed by atoms with Gasteiger partial charge < -0.3 is 29.4 Å². The average molecular weight is 488 g/mol. The summed E-state index contributed by atoms with van der Waals surface area (Å²) in [4.78, 5) is 26.6. The van der Waals surface area contributed by atoms with Crippen molar-refractivity contribution in [3.63, 3.8) is 0 Å². The van der Waals surface area contributed by atoms with Gasteiger partial charge in [0.05, 0.1) is 24.3 Å². The van der Waals surface area contributed by atoms with Crippen molar-refractivity contribution in [3.8, 4) is 17.2 Å². The van der Waals surface area contributed by atoms with E-state index >= 15 is 0 Å². The number of rotatable bonds is 8. The normalized spacial score (nSPS) is 13.9. The molecular formula is C28H25NO7. The molecule has 3 N–H and O–H groups in total. The Morgan fingerprint density at radius 1 is 0.972 bits per heavy atom. The van der Waals surface area contributed by atoms with E-state index in [0.29, 0.717) is 34.5 Å². The number of ether oxygens (including phenoxy) is 2. The molecular weight excluding hydrogens is 462 g/mol. The van der Waals surface area contributed by atoms with Crippen molar-refractivity contribution >= 4 is 16.9 Å². The van der Waals surface area contributed by atoms with Gasteiger partial charge in [-0.15, -0.1) is 0 Å². The van der Waals surface area contributed by atoms with E-state index in [0.717, 1.165) is 5.56 Å². The van der Waals surface area contributed by atoms with Gasteiger partial charge >= 0.3 is 0 Å². The fraction of sp³-hybridized carbons (Fsp3) is 0.214. The maximum absolute atomic E-state index is 13.4. The molecule has 4 aromatic rings. The first-order chi connectivity index (χ1) is 17.5. The van der Waals surface area contributed by atoms with Crippen molar-refractivity contribution in [2.24, 2.45) is 0 Å². The van der Waals surface area contributed by atoms with Crippen LogP contribution in [0, 0.1) is 0 Å². The lowest BCUT2D eigenvalue weighted by Gasteiger charge is -2.21. The number of para-hydroxylation sites is 1. The van der Waals surface area contributed by atoms with Crippen molar-refractivity contribution < 1.29 is 28.9 Å². The lowest BCUT2D eigenvalue weighted by atomic mass is 9.87. The number of amides is 1. The van der Waals surface area contributed by atoms with Gasteiger partial charge in [0.25, 0.3) is 0 Å². The van der Waals surface area contributed by atoms with E-state index in [1.807, 2.05) is 30.3 Å². The number of fused-ring (bicyclic) bond motifs is 2. The summed E-state index contributed by atoms with van der Waals surface area (Å²) < 4.78 is 16.5. The summed E-state index contributed by atoms with van der Waals surface area (Å²) in [6, 6.07) is 18.8. The number of phenolic OH excluding ortho intramolecular Hbond substituents is 1. The molecule has 2 heterocycles. The quantitative estimate of drug-likeness (QED) is 0.348. The molecule has 0 saturated carbocycles. The predicted molar refractivity (Wildman–Crippen MR) is 132 cm³/mol. The summed E-state index contributed by atoms with van der Waals surface area (Å²) in [6.07, 6.45) is 1.61. The number of aromatic hydroxyl groups is 1. The molecule has 1 aliphatic heterocycles. The van der Waals surface area contributed by atoms with Gasteiger partial charge in [-0.3, -0.25) is 9.59 Å². The molecule has 8 nitrogen and oxygen atoms in total. The lowest BCUT2D eigenvalue weighted by molar-refractivity contribution is -0.122. The van der Waals surface area contributed by atoms with Crippen molar-refractivity contribution in [1.29, 1.82) is 0 Å². The van der Waals surface area contributed by atoms with Gasteiger partial charge in [-0.25, -0.2) is 0 Å². The van der Waals surface area contributed by atoms with Gasteiger partial charge in [0.15, 0.2) is 16.9 Å². The second-order valence-electron chi connectivity index (χ2n) is 8.67. The van der Waals surface area contributed by atoms with E-state index in [1.165, 1.54) is 12.3 Å². The summed E-state index contributed by atoms with van der Waals surface area (Å²) >= 11 is 0. The minimum absolute atomic E-state index is 0.0131. The van der Waals surface area contributed by atoms with E-state index < -0.39 is 12.0 Å². The zero-order valence-electron chi connectivity index (χ0n) is 19.3. The highest BCUT2D eigenvalue weighted by Crippen LogP contribution is 2.42. The van der Waals surface area contributed by atoms with Crippen molar-refractivity contribution in [2.45, 2.75) is 24.8 Å². The molecule has 8 heteroatoms. The molecule has 36 heavy (non-hydrogen) atoms. The number of aliphatic hydroxyl groups is 1. The molecule has 0 unspecified atom stereocenters. The number of carbonyl (C=O) groups excluding carboxylic acids is 1. The molecule has 2 atom stereocenters. The Morgan fingerprint density at radius 3 is 2.47 bits per heavy atom. The first kappa shape index (κ1) is 23.4. The lowest BCUT2D eigenvalue weighted by Crippen LogP contribution is -2.40. The number of nitrogens with one attached hydrogen (secondary N) is 1. The standard InChI is InChI=1S/C28H25NO7/c30-14-18(10-17-6-2-1-3-7-17)29-27(32)12-20(21-11-25-26(13-23(21)31)36-16-35-25)22-15-34-24-9-5-4-8-19(24)28(22)33/h1-9,11,13,15,18,20,30-31H,10,12,14,16H2,(H,29,32)/t18-,20-/m1/s1. The van der Waals surface area contributed by atoms with Crippen LogP contribution in [-0.2, 0) is 11.2 Å². The van der Waals surface area contributed by atoms with Crippen LogP contribution in [0.5, 0.6) is 17.2 Å². The van der Waals surface area contributed by atoms with E-state index in [9.17, 15) is 19.8 Å². The largest absolute Gasteiger partial charge is 0.508 e. The Balaban J connectivity index is 1.49. The fourth-order valence-electron chi connectivity index (χ4n) is 4.48. The first-order valence-corrected chi connectivity index (χ1v) is 11.6. The molecule has 0 spiro atoms. The molecule has 1 amide bonds. The van der Waals surface area contributed by atoms with E-state index in [4.69, 9.17) is 13.9 Å². The summed E-state index contributed by atoms with van der Waals surface area (Å²) in [6.45, 7) is -0.238. The summed E-state index contributed by atoms with van der Waals surface area (Å²) in [5.74, 6) is -0.562. The zero-order chi connectivity index (χ0) is 25.1. The van der Waals surface area contributed by atoms with E-state index in [-0.39, 0.29) is 42.5 Å². The SMILES string of the molecule is O=C(C[C@H](c1cc2c(cc1O)OCO2)c1coc2ccccc2c1=O)N[C@@H](CO)Cc1ccccc1. The van der Waals surface area contributed by atoms with Crippen LogP contribution in [0.3, 0.4) is 0 Å². The van der Waals surface area contributed by atoms with Crippen molar-refractivity contribution in [3.05, 3.63) is 99.9 Å². The van der Waals surface area contributed by atoms with Crippen LogP contribution in [0.4, 0.5) is 0 Å². The van der Waals surface area contributed by atoms with Gasteiger partial charge in [-0.2, -0.15) is 0 Å². The Hall–Kier alpha value is -4.30. The van der Waals surface area contributed by atoms with E-state index in [2.05, 4.69) is 5.32 Å². The van der Waals surface area contributed by atoms with Gasteiger partial charge in [0, 0.05) is 29.5 Å². The van der Waals surface area contributed by atoms with Crippen LogP contribution >= 0.6 is 0 Å². The molecule has 1 aromatic heterocycles. The molecule has 184 valence electrons. The third-order valence-corrected chi connectivity index (χ3v) is 6.28. The average Bonchev–Trinajstić information content (AvgIpc) is 3.35. The molecule has 0 saturated heterocycles. The van der Waals surface area contributed by atoms with Crippen LogP contribution in [-0.4, -0.2) is 35.6 Å². The molecule has 0 fully saturated rings. The molecule has 0 radical (unpaired) electrons. The van der Waals surface area contributed by atoms with Crippen LogP contribution < -0.4 is 20.2 Å². The fourth-order valence-corrected chi connectivity index (χ4v) is 4.48. The second-order valence-corrected chi connectivity index (χ2v) is 8.67. The van der Waals surface area contributed by atoms with Gasteiger partial charge in [-0.1, -0.05) is 42.5 Å². The van der Waals surface area contributed by atoms with Gasteiger partial charge in [-0.05, 0) is 30.2 Å². The maximum atomic E-state index is 13.4. The Morgan fingerprint density at radius 2 is 1.69 bits per heavy atom. The number of hydrogen-bond donors (Lipinski definition) is 3.